The number of ether oxygens (including phenoxy) is 3. The summed E-state index contributed by atoms with van der Waals surface area (Å²) in [6, 6.07) is 13.1. The van der Waals surface area contributed by atoms with Crippen LogP contribution < -0.4 is 24.6 Å². The molecule has 0 aliphatic rings. The molecule has 0 saturated heterocycles. The van der Waals surface area contributed by atoms with E-state index in [1.54, 1.807) is 48.5 Å². The van der Waals surface area contributed by atoms with Crippen LogP contribution in [0.3, 0.4) is 0 Å². The number of hydrogen-bond acceptors (Lipinski definition) is 6. The number of para-hydroxylation sites is 2. The highest BCUT2D eigenvalue weighted by Crippen LogP contribution is 2.26. The predicted molar refractivity (Wildman–Crippen MR) is 101 cm³/mol. The largest absolute Gasteiger partial charge is 0.550 e. The fourth-order valence-corrected chi connectivity index (χ4v) is 2.55. The Bertz CT molecular complexity index is 775. The maximum Gasteiger partial charge on any atom is 0.258 e. The van der Waals surface area contributed by atoms with E-state index in [2.05, 4.69) is 5.32 Å². The number of hydrogen-bond donors (Lipinski definition) is 1. The number of carboxylic acids is 1. The lowest BCUT2D eigenvalue weighted by molar-refractivity contribution is -0.306. The first kappa shape index (κ1) is 21.1. The number of aliphatic carboxylic acids is 1. The van der Waals surface area contributed by atoms with Crippen molar-refractivity contribution in [2.24, 2.45) is 0 Å². The van der Waals surface area contributed by atoms with Crippen molar-refractivity contribution in [1.82, 2.24) is 5.32 Å². The molecule has 2 rings (SSSR count). The van der Waals surface area contributed by atoms with Crippen LogP contribution in [-0.2, 0) is 9.59 Å². The van der Waals surface area contributed by atoms with Gasteiger partial charge in [-0.2, -0.15) is 0 Å². The van der Waals surface area contributed by atoms with E-state index < -0.39 is 17.9 Å². The maximum absolute atomic E-state index is 12.3. The molecular formula is C21H24NO6-. The first-order chi connectivity index (χ1) is 13.5. The van der Waals surface area contributed by atoms with Gasteiger partial charge in [0.1, 0.15) is 5.75 Å². The molecule has 0 heterocycles. The van der Waals surface area contributed by atoms with Gasteiger partial charge in [-0.1, -0.05) is 31.2 Å². The molecule has 2 aromatic rings. The number of carbonyl (C=O) groups excluding carboxylic acids is 2. The lowest BCUT2D eigenvalue weighted by Gasteiger charge is -2.20. The number of rotatable bonds is 11. The third-order valence-corrected chi connectivity index (χ3v) is 3.89. The van der Waals surface area contributed by atoms with Crippen molar-refractivity contribution < 1.29 is 28.9 Å². The minimum absolute atomic E-state index is 0.276. The first-order valence-corrected chi connectivity index (χ1v) is 9.01. The Morgan fingerprint density at radius 3 is 2.32 bits per heavy atom. The average Bonchev–Trinajstić information content (AvgIpc) is 2.70. The van der Waals surface area contributed by atoms with E-state index in [0.717, 1.165) is 6.42 Å². The molecule has 7 nitrogen and oxygen atoms in total. The molecule has 0 saturated carbocycles. The van der Waals surface area contributed by atoms with E-state index in [4.69, 9.17) is 14.2 Å². The number of amides is 1. The minimum Gasteiger partial charge on any atom is -0.550 e. The third kappa shape index (κ3) is 6.50. The van der Waals surface area contributed by atoms with E-state index in [9.17, 15) is 14.7 Å². The summed E-state index contributed by atoms with van der Waals surface area (Å²) in [7, 11) is 1.51. The smallest absolute Gasteiger partial charge is 0.258 e. The zero-order valence-corrected chi connectivity index (χ0v) is 16.0. The Balaban J connectivity index is 2.00. The van der Waals surface area contributed by atoms with Gasteiger partial charge in [0.25, 0.3) is 5.91 Å². The van der Waals surface area contributed by atoms with Crippen LogP contribution >= 0.6 is 0 Å². The summed E-state index contributed by atoms with van der Waals surface area (Å²) in [5.74, 6) is -0.104. The number of benzene rings is 2. The van der Waals surface area contributed by atoms with Crippen molar-refractivity contribution in [3.05, 3.63) is 54.1 Å². The van der Waals surface area contributed by atoms with Crippen LogP contribution in [0.1, 0.15) is 31.4 Å². The second-order valence-electron chi connectivity index (χ2n) is 6.05. The Morgan fingerprint density at radius 2 is 1.71 bits per heavy atom. The molecule has 2 aromatic carbocycles. The van der Waals surface area contributed by atoms with Gasteiger partial charge in [0.15, 0.2) is 18.1 Å². The molecule has 0 fully saturated rings. The first-order valence-electron chi connectivity index (χ1n) is 9.01. The fourth-order valence-electron chi connectivity index (χ4n) is 2.55. The topological polar surface area (TPSA) is 96.9 Å². The zero-order chi connectivity index (χ0) is 20.4. The molecule has 1 amide bonds. The Hall–Kier alpha value is -3.22. The number of carbonyl (C=O) groups is 2. The van der Waals surface area contributed by atoms with Crippen molar-refractivity contribution in [3.8, 4) is 17.2 Å². The van der Waals surface area contributed by atoms with Crippen molar-refractivity contribution >= 4 is 11.9 Å². The summed E-state index contributed by atoms with van der Waals surface area (Å²) < 4.78 is 16.2. The molecule has 0 bridgehead atoms. The summed E-state index contributed by atoms with van der Waals surface area (Å²) in [5.41, 5.74) is 0.638. The molecule has 0 radical (unpaired) electrons. The second kappa shape index (κ2) is 10.8. The van der Waals surface area contributed by atoms with E-state index in [0.29, 0.717) is 29.4 Å². The maximum atomic E-state index is 12.3. The van der Waals surface area contributed by atoms with Crippen LogP contribution in [0, 0.1) is 0 Å². The summed E-state index contributed by atoms with van der Waals surface area (Å²) in [4.78, 5) is 23.4. The molecule has 0 aliphatic heterocycles. The Labute approximate surface area is 164 Å². The van der Waals surface area contributed by atoms with Crippen LogP contribution in [0.4, 0.5) is 0 Å². The molecule has 1 unspecified atom stereocenters. The quantitative estimate of drug-likeness (QED) is 0.633. The third-order valence-electron chi connectivity index (χ3n) is 3.89. The van der Waals surface area contributed by atoms with Crippen LogP contribution in [0.2, 0.25) is 0 Å². The van der Waals surface area contributed by atoms with E-state index in [1.807, 2.05) is 6.92 Å². The highest BCUT2D eigenvalue weighted by Gasteiger charge is 2.16. The van der Waals surface area contributed by atoms with E-state index in [1.165, 1.54) is 7.11 Å². The zero-order valence-electron chi connectivity index (χ0n) is 16.0. The standard InChI is InChI=1S/C21H25NO6/c1-3-12-27-16-10-8-15(9-11-16)17(13-21(24)25)22-20(23)14-28-19-7-5-4-6-18(19)26-2/h4-11,17H,3,12-14H2,1-2H3,(H,22,23)(H,24,25)/p-1. The molecule has 28 heavy (non-hydrogen) atoms. The summed E-state index contributed by atoms with van der Waals surface area (Å²) >= 11 is 0. The van der Waals surface area contributed by atoms with Crippen molar-refractivity contribution in [3.63, 3.8) is 0 Å². The number of carboxylic acid groups (broad SMARTS) is 1. The Kier molecular flexibility index (Phi) is 8.14. The predicted octanol–water partition coefficient (Wildman–Crippen LogP) is 1.86. The molecule has 1 atom stereocenters. The normalized spacial score (nSPS) is 11.4. The molecule has 150 valence electrons. The van der Waals surface area contributed by atoms with Gasteiger partial charge in [0.05, 0.1) is 19.8 Å². The average molecular weight is 386 g/mol. The van der Waals surface area contributed by atoms with Gasteiger partial charge in [-0.3, -0.25) is 4.79 Å². The highest BCUT2D eigenvalue weighted by atomic mass is 16.5. The van der Waals surface area contributed by atoms with Gasteiger partial charge in [-0.15, -0.1) is 0 Å². The van der Waals surface area contributed by atoms with E-state index >= 15 is 0 Å². The highest BCUT2D eigenvalue weighted by molar-refractivity contribution is 5.79. The summed E-state index contributed by atoms with van der Waals surface area (Å²) in [6.45, 7) is 2.33. The van der Waals surface area contributed by atoms with E-state index in [-0.39, 0.29) is 13.0 Å². The lowest BCUT2D eigenvalue weighted by Crippen LogP contribution is -2.36. The second-order valence-corrected chi connectivity index (χ2v) is 6.05. The molecule has 0 spiro atoms. The Morgan fingerprint density at radius 1 is 1.04 bits per heavy atom. The number of methoxy groups -OCH3 is 1. The van der Waals surface area contributed by atoms with Gasteiger partial charge >= 0.3 is 0 Å². The van der Waals surface area contributed by atoms with Gasteiger partial charge in [-0.25, -0.2) is 0 Å². The van der Waals surface area contributed by atoms with Crippen LogP contribution in [-0.4, -0.2) is 32.2 Å². The van der Waals surface area contributed by atoms with Gasteiger partial charge in [0.2, 0.25) is 0 Å². The van der Waals surface area contributed by atoms with Crippen molar-refractivity contribution in [2.75, 3.05) is 20.3 Å². The van der Waals surface area contributed by atoms with Crippen molar-refractivity contribution in [2.45, 2.75) is 25.8 Å². The van der Waals surface area contributed by atoms with Gasteiger partial charge < -0.3 is 29.4 Å². The molecule has 7 heteroatoms. The molecule has 1 N–H and O–H groups in total. The molecule has 0 aromatic heterocycles. The summed E-state index contributed by atoms with van der Waals surface area (Å²) in [5, 5.41) is 13.8. The van der Waals surface area contributed by atoms with Crippen LogP contribution in [0.5, 0.6) is 17.2 Å². The monoisotopic (exact) mass is 386 g/mol. The SMILES string of the molecule is CCCOc1ccc(C(CC(=O)[O-])NC(=O)COc2ccccc2OC)cc1. The van der Waals surface area contributed by atoms with Crippen LogP contribution in [0.25, 0.3) is 0 Å². The fraction of sp³-hybridized carbons (Fsp3) is 0.333. The van der Waals surface area contributed by atoms with Gasteiger partial charge in [-0.05, 0) is 36.2 Å². The molecule has 0 aliphatic carbocycles. The molecular weight excluding hydrogens is 362 g/mol. The minimum atomic E-state index is -1.26. The van der Waals surface area contributed by atoms with Gasteiger partial charge in [0, 0.05) is 12.4 Å². The number of nitrogens with one attached hydrogen (secondary N) is 1. The lowest BCUT2D eigenvalue weighted by atomic mass is 10.0. The van der Waals surface area contributed by atoms with Crippen LogP contribution in [0.15, 0.2) is 48.5 Å². The van der Waals surface area contributed by atoms with Crippen molar-refractivity contribution in [1.29, 1.82) is 0 Å². The summed E-state index contributed by atoms with van der Waals surface area (Å²) in [6.07, 6.45) is 0.535.